The number of halogens is 2. The largest absolute Gasteiger partial charge is 1.00 e. The molecule has 1 atom stereocenters. The van der Waals surface area contributed by atoms with E-state index >= 15 is 0 Å². The van der Waals surface area contributed by atoms with Crippen molar-refractivity contribution < 1.29 is 73.8 Å². The van der Waals surface area contributed by atoms with Gasteiger partial charge in [0.1, 0.15) is 0 Å². The Morgan fingerprint density at radius 3 is 2.53 bits per heavy atom. The predicted octanol–water partition coefficient (Wildman–Crippen LogP) is -2.59. The van der Waals surface area contributed by atoms with Crippen LogP contribution >= 0.6 is 0 Å². The summed E-state index contributed by atoms with van der Waals surface area (Å²) < 4.78 is 0. The molecule has 0 radical (unpaired) electrons. The van der Waals surface area contributed by atoms with Crippen molar-refractivity contribution in [3.8, 4) is 0 Å². The van der Waals surface area contributed by atoms with E-state index in [0.717, 1.165) is 0 Å². The van der Waals surface area contributed by atoms with Crippen molar-refractivity contribution in [1.29, 1.82) is 0 Å². The second kappa shape index (κ2) is 9.33. The van der Waals surface area contributed by atoms with Crippen LogP contribution in [0.4, 0.5) is 0 Å². The predicted molar refractivity (Wildman–Crippen MR) is 51.8 cm³/mol. The van der Waals surface area contributed by atoms with Crippen LogP contribution in [-0.2, 0) is 25.8 Å². The summed E-state index contributed by atoms with van der Waals surface area (Å²) in [6.45, 7) is 2.22. The van der Waals surface area contributed by atoms with Gasteiger partial charge in [-0.25, -0.2) is 6.08 Å². The first kappa shape index (κ1) is 18.6. The van der Waals surface area contributed by atoms with Crippen LogP contribution in [-0.4, -0.2) is 0 Å². The number of benzene rings is 1. The van der Waals surface area contributed by atoms with Gasteiger partial charge in [0.25, 0.3) is 0 Å². The molecule has 1 aromatic carbocycles. The minimum absolute atomic E-state index is 0. The summed E-state index contributed by atoms with van der Waals surface area (Å²) in [6, 6.07) is 8.58. The number of allylic oxidation sites excluding steroid dienone is 1. The molecular weight excluding hydrogens is 576 g/mol. The number of rotatable bonds is 2. The smallest absolute Gasteiger partial charge is 0 e. The third kappa shape index (κ3) is 4.58. The molecule has 1 aliphatic rings. The molecule has 0 spiro atoms. The van der Waals surface area contributed by atoms with Gasteiger partial charge in [-0.2, -0.15) is 5.56 Å². The summed E-state index contributed by atoms with van der Waals surface area (Å²) in [6.07, 6.45) is 7.98. The SMILES string of the molecule is CCCC1[C-]=Cc2ccccc21.[Hf].[I-].[I-]. The van der Waals surface area contributed by atoms with Crippen LogP contribution < -0.4 is 48.0 Å². The Hall–Kier alpha value is 1.29. The Morgan fingerprint density at radius 1 is 1.20 bits per heavy atom. The van der Waals surface area contributed by atoms with Crippen LogP contribution in [0.3, 0.4) is 0 Å². The molecule has 2 rings (SSSR count). The Labute approximate surface area is 145 Å². The van der Waals surface area contributed by atoms with Crippen molar-refractivity contribution in [3.05, 3.63) is 41.5 Å². The second-order valence-electron chi connectivity index (χ2n) is 3.28. The fourth-order valence-electron chi connectivity index (χ4n) is 1.77. The molecule has 1 unspecified atom stereocenters. The zero-order valence-electron chi connectivity index (χ0n) is 8.63. The molecule has 3 heteroatoms. The minimum Gasteiger partial charge on any atom is -1.00 e. The zero-order chi connectivity index (χ0) is 8.39. The maximum atomic E-state index is 3.40. The topological polar surface area (TPSA) is 0 Å². The molecule has 0 nitrogen and oxygen atoms in total. The summed E-state index contributed by atoms with van der Waals surface area (Å²) in [5.41, 5.74) is 2.82. The first-order valence-electron chi connectivity index (χ1n) is 4.60. The molecule has 1 aliphatic carbocycles. The Kier molecular flexibility index (Phi) is 11.6. The van der Waals surface area contributed by atoms with Crippen molar-refractivity contribution >= 4 is 6.08 Å². The molecule has 0 saturated carbocycles. The van der Waals surface area contributed by atoms with E-state index in [-0.39, 0.29) is 73.8 Å². The van der Waals surface area contributed by atoms with Crippen molar-refractivity contribution in [2.24, 2.45) is 0 Å². The third-order valence-corrected chi connectivity index (χ3v) is 2.39. The van der Waals surface area contributed by atoms with Crippen molar-refractivity contribution in [1.82, 2.24) is 0 Å². The van der Waals surface area contributed by atoms with E-state index < -0.39 is 0 Å². The zero-order valence-corrected chi connectivity index (χ0v) is 16.5. The van der Waals surface area contributed by atoms with E-state index in [1.54, 1.807) is 0 Å². The monoisotopic (exact) mass is 591 g/mol. The van der Waals surface area contributed by atoms with Crippen LogP contribution in [0.1, 0.15) is 36.8 Å². The Bertz CT molecular complexity index is 310. The van der Waals surface area contributed by atoms with Crippen LogP contribution in [0, 0.1) is 6.08 Å². The average molecular weight is 590 g/mol. The van der Waals surface area contributed by atoms with Gasteiger partial charge >= 0.3 is 0 Å². The van der Waals surface area contributed by atoms with E-state index in [1.807, 2.05) is 0 Å². The van der Waals surface area contributed by atoms with Crippen LogP contribution in [0.15, 0.2) is 24.3 Å². The number of hydrogen-bond donors (Lipinski definition) is 0. The van der Waals surface area contributed by atoms with Gasteiger partial charge in [0, 0.05) is 25.8 Å². The van der Waals surface area contributed by atoms with Gasteiger partial charge in [0.2, 0.25) is 0 Å². The molecule has 82 valence electrons. The maximum absolute atomic E-state index is 3.40. The van der Waals surface area contributed by atoms with Crippen molar-refractivity contribution in [2.45, 2.75) is 25.7 Å². The number of fused-ring (bicyclic) bond motifs is 1. The van der Waals surface area contributed by atoms with Gasteiger partial charge in [-0.3, -0.25) is 6.08 Å². The van der Waals surface area contributed by atoms with Crippen molar-refractivity contribution in [2.75, 3.05) is 0 Å². The van der Waals surface area contributed by atoms with E-state index in [1.165, 1.54) is 24.0 Å². The molecule has 0 amide bonds. The second-order valence-corrected chi connectivity index (χ2v) is 3.28. The molecule has 0 heterocycles. The number of hydrogen-bond acceptors (Lipinski definition) is 0. The van der Waals surface area contributed by atoms with E-state index in [9.17, 15) is 0 Å². The van der Waals surface area contributed by atoms with Gasteiger partial charge in [-0.05, 0) is 0 Å². The first-order valence-corrected chi connectivity index (χ1v) is 4.60. The minimum atomic E-state index is 0. The third-order valence-electron chi connectivity index (χ3n) is 2.39. The molecule has 15 heavy (non-hydrogen) atoms. The molecule has 0 aliphatic heterocycles. The summed E-state index contributed by atoms with van der Waals surface area (Å²) in [5.74, 6) is 0.561. The quantitative estimate of drug-likeness (QED) is 0.202. The molecule has 0 N–H and O–H groups in total. The van der Waals surface area contributed by atoms with E-state index in [2.05, 4.69) is 43.3 Å². The summed E-state index contributed by atoms with van der Waals surface area (Å²) in [7, 11) is 0. The maximum Gasteiger partial charge on any atom is 0 e. The molecular formula is C12H13HfI2-3. The van der Waals surface area contributed by atoms with E-state index in [0.29, 0.717) is 5.92 Å². The van der Waals surface area contributed by atoms with Crippen LogP contribution in [0.25, 0.3) is 6.08 Å². The van der Waals surface area contributed by atoms with Crippen molar-refractivity contribution in [3.63, 3.8) is 0 Å². The summed E-state index contributed by atoms with van der Waals surface area (Å²) in [5, 5.41) is 0. The molecule has 1 aromatic rings. The van der Waals surface area contributed by atoms with Gasteiger partial charge in [0.05, 0.1) is 0 Å². The standard InChI is InChI=1S/C12H13.Hf.2HI/c1-2-5-10-8-9-11-6-3-4-7-12(10)11;;;/h3-4,6-7,9-10H,2,5H2,1H3;;2*1H/q-1;;;/p-2. The van der Waals surface area contributed by atoms with E-state index in [4.69, 9.17) is 0 Å². The van der Waals surface area contributed by atoms with Crippen LogP contribution in [0.2, 0.25) is 0 Å². The Morgan fingerprint density at radius 2 is 1.87 bits per heavy atom. The molecule has 0 bridgehead atoms. The molecule has 0 aromatic heterocycles. The van der Waals surface area contributed by atoms with Gasteiger partial charge < -0.3 is 48.0 Å². The molecule has 0 fully saturated rings. The van der Waals surface area contributed by atoms with Gasteiger partial charge in [0.15, 0.2) is 0 Å². The van der Waals surface area contributed by atoms with Gasteiger partial charge in [-0.1, -0.05) is 43.9 Å². The van der Waals surface area contributed by atoms with Crippen LogP contribution in [0.5, 0.6) is 0 Å². The molecule has 0 saturated heterocycles. The summed E-state index contributed by atoms with van der Waals surface area (Å²) in [4.78, 5) is 0. The fraction of sp³-hybridized carbons (Fsp3) is 0.333. The Balaban J connectivity index is 0. The normalized spacial score (nSPS) is 15.7. The van der Waals surface area contributed by atoms with Gasteiger partial charge in [-0.15, -0.1) is 11.6 Å². The fourth-order valence-corrected chi connectivity index (χ4v) is 1.77. The first-order chi connectivity index (χ1) is 5.92. The average Bonchev–Trinajstić information content (AvgIpc) is 2.50. The summed E-state index contributed by atoms with van der Waals surface area (Å²) >= 11 is 0.